The third-order valence-electron chi connectivity index (χ3n) is 3.65. The van der Waals surface area contributed by atoms with Gasteiger partial charge in [0.25, 0.3) is 0 Å². The molecular formula is C20H19NO2S. The third-order valence-corrected chi connectivity index (χ3v) is 4.83. The smallest absolute Gasteiger partial charge is 0.177 e. The molecule has 3 nitrogen and oxygen atoms in total. The fourth-order valence-electron chi connectivity index (χ4n) is 2.48. The molecule has 0 aliphatic rings. The Balaban J connectivity index is 1.71. The quantitative estimate of drug-likeness (QED) is 0.518. The minimum atomic E-state index is 0.124. The molecular weight excluding hydrogens is 318 g/mol. The lowest BCUT2D eigenvalue weighted by Crippen LogP contribution is -2.01. The van der Waals surface area contributed by atoms with Crippen LogP contribution < -0.4 is 10.5 Å². The number of anilines is 1. The van der Waals surface area contributed by atoms with E-state index in [4.69, 9.17) is 10.5 Å². The number of benzene rings is 2. The molecule has 1 heterocycles. The van der Waals surface area contributed by atoms with Crippen molar-refractivity contribution < 1.29 is 9.53 Å². The number of nitrogen functional groups attached to an aromatic ring is 1. The van der Waals surface area contributed by atoms with Gasteiger partial charge in [0.15, 0.2) is 5.78 Å². The zero-order valence-electron chi connectivity index (χ0n) is 13.5. The van der Waals surface area contributed by atoms with E-state index >= 15 is 0 Å². The second-order valence-corrected chi connectivity index (χ2v) is 6.55. The van der Waals surface area contributed by atoms with E-state index in [1.807, 2.05) is 67.6 Å². The van der Waals surface area contributed by atoms with E-state index in [0.29, 0.717) is 13.0 Å². The van der Waals surface area contributed by atoms with E-state index in [2.05, 4.69) is 0 Å². The van der Waals surface area contributed by atoms with Gasteiger partial charge in [0.1, 0.15) is 5.75 Å². The largest absolute Gasteiger partial charge is 0.494 e. The van der Waals surface area contributed by atoms with Gasteiger partial charge in [-0.2, -0.15) is 0 Å². The van der Waals surface area contributed by atoms with Crippen molar-refractivity contribution in [3.63, 3.8) is 0 Å². The lowest BCUT2D eigenvalue weighted by Gasteiger charge is -2.04. The molecule has 3 aromatic rings. The molecule has 1 aromatic heterocycles. The number of nitrogens with two attached hydrogens (primary N) is 1. The number of thiophene rings is 1. The van der Waals surface area contributed by atoms with Gasteiger partial charge < -0.3 is 10.5 Å². The van der Waals surface area contributed by atoms with Crippen molar-refractivity contribution >= 4 is 22.8 Å². The second kappa shape index (κ2) is 7.32. The minimum absolute atomic E-state index is 0.124. The first-order chi connectivity index (χ1) is 11.7. The number of carbonyl (C=O) groups excluding carboxylic acids is 1. The van der Waals surface area contributed by atoms with Crippen LogP contribution in [0.15, 0.2) is 60.7 Å². The van der Waals surface area contributed by atoms with Gasteiger partial charge in [-0.1, -0.05) is 24.3 Å². The third kappa shape index (κ3) is 3.84. The maximum absolute atomic E-state index is 12.5. The molecule has 24 heavy (non-hydrogen) atoms. The van der Waals surface area contributed by atoms with Crippen LogP contribution in [0.2, 0.25) is 0 Å². The van der Waals surface area contributed by atoms with E-state index in [-0.39, 0.29) is 5.78 Å². The highest BCUT2D eigenvalue weighted by Gasteiger charge is 2.11. The Hall–Kier alpha value is -2.59. The summed E-state index contributed by atoms with van der Waals surface area (Å²) in [6, 6.07) is 19.3. The Morgan fingerprint density at radius 3 is 2.58 bits per heavy atom. The van der Waals surface area contributed by atoms with E-state index in [9.17, 15) is 4.79 Å². The standard InChI is InChI=1S/C20H19NO2S/c1-2-23-17-8-6-14(7-9-17)12-18(22)20-11-10-19(24-20)15-4-3-5-16(21)13-15/h3-11,13H,2,12,21H2,1H3. The summed E-state index contributed by atoms with van der Waals surface area (Å²) >= 11 is 1.50. The number of Topliss-reactive ketones (excluding diaryl/α,β-unsaturated/α-hetero) is 1. The highest BCUT2D eigenvalue weighted by molar-refractivity contribution is 7.17. The summed E-state index contributed by atoms with van der Waals surface area (Å²) in [5, 5.41) is 0. The summed E-state index contributed by atoms with van der Waals surface area (Å²) in [4.78, 5) is 14.3. The van der Waals surface area contributed by atoms with E-state index in [1.165, 1.54) is 11.3 Å². The van der Waals surface area contributed by atoms with Crippen molar-refractivity contribution in [1.29, 1.82) is 0 Å². The Bertz CT molecular complexity index is 837. The first-order valence-corrected chi connectivity index (χ1v) is 8.68. The lowest BCUT2D eigenvalue weighted by molar-refractivity contribution is 0.0997. The topological polar surface area (TPSA) is 52.3 Å². The van der Waals surface area contributed by atoms with Crippen molar-refractivity contribution in [2.45, 2.75) is 13.3 Å². The van der Waals surface area contributed by atoms with Gasteiger partial charge in [-0.3, -0.25) is 4.79 Å². The minimum Gasteiger partial charge on any atom is -0.494 e. The fourth-order valence-corrected chi connectivity index (χ4v) is 3.42. The molecule has 0 bridgehead atoms. The molecule has 0 unspecified atom stereocenters. The Kier molecular flexibility index (Phi) is 4.96. The van der Waals surface area contributed by atoms with Crippen molar-refractivity contribution in [3.05, 3.63) is 71.1 Å². The molecule has 0 spiro atoms. The van der Waals surface area contributed by atoms with Crippen molar-refractivity contribution in [1.82, 2.24) is 0 Å². The zero-order valence-corrected chi connectivity index (χ0v) is 14.3. The molecule has 2 aromatic carbocycles. The Labute approximate surface area is 145 Å². The normalized spacial score (nSPS) is 10.5. The summed E-state index contributed by atoms with van der Waals surface area (Å²) in [7, 11) is 0. The molecule has 122 valence electrons. The molecule has 0 fully saturated rings. The maximum Gasteiger partial charge on any atom is 0.177 e. The van der Waals surface area contributed by atoms with E-state index < -0.39 is 0 Å². The first kappa shape index (κ1) is 16.3. The van der Waals surface area contributed by atoms with Crippen molar-refractivity contribution in [3.8, 4) is 16.2 Å². The number of carbonyl (C=O) groups is 1. The summed E-state index contributed by atoms with van der Waals surface area (Å²) in [6.45, 7) is 2.59. The number of ketones is 1. The van der Waals surface area contributed by atoms with Gasteiger partial charge in [-0.05, 0) is 54.4 Å². The van der Waals surface area contributed by atoms with Crippen LogP contribution in [-0.2, 0) is 6.42 Å². The molecule has 0 amide bonds. The van der Waals surface area contributed by atoms with Crippen LogP contribution in [0.5, 0.6) is 5.75 Å². The Morgan fingerprint density at radius 1 is 1.08 bits per heavy atom. The first-order valence-electron chi connectivity index (χ1n) is 7.86. The van der Waals surface area contributed by atoms with Crippen LogP contribution in [0.4, 0.5) is 5.69 Å². The molecule has 2 N–H and O–H groups in total. The Morgan fingerprint density at radius 2 is 1.88 bits per heavy atom. The predicted octanol–water partition coefficient (Wildman–Crippen LogP) is 4.82. The monoisotopic (exact) mass is 337 g/mol. The number of rotatable bonds is 6. The highest BCUT2D eigenvalue weighted by Crippen LogP contribution is 2.30. The second-order valence-electron chi connectivity index (χ2n) is 5.47. The van der Waals surface area contributed by atoms with Gasteiger partial charge in [0.2, 0.25) is 0 Å². The van der Waals surface area contributed by atoms with Gasteiger partial charge in [0.05, 0.1) is 11.5 Å². The number of ether oxygens (including phenoxy) is 1. The van der Waals surface area contributed by atoms with Gasteiger partial charge >= 0.3 is 0 Å². The molecule has 0 saturated heterocycles. The van der Waals surface area contributed by atoms with Crippen molar-refractivity contribution in [2.75, 3.05) is 12.3 Å². The molecule has 0 aliphatic carbocycles. The van der Waals surface area contributed by atoms with Crippen LogP contribution in [0.3, 0.4) is 0 Å². The molecule has 0 saturated carbocycles. The zero-order chi connectivity index (χ0) is 16.9. The number of hydrogen-bond acceptors (Lipinski definition) is 4. The summed E-state index contributed by atoms with van der Waals surface area (Å²) < 4.78 is 5.42. The number of hydrogen-bond donors (Lipinski definition) is 1. The van der Waals surface area contributed by atoms with Crippen LogP contribution in [0.1, 0.15) is 22.2 Å². The van der Waals surface area contributed by atoms with Crippen LogP contribution >= 0.6 is 11.3 Å². The summed E-state index contributed by atoms with van der Waals surface area (Å²) in [6.07, 6.45) is 0.392. The lowest BCUT2D eigenvalue weighted by atomic mass is 10.1. The SMILES string of the molecule is CCOc1ccc(CC(=O)c2ccc(-c3cccc(N)c3)s2)cc1. The van der Waals surface area contributed by atoms with Gasteiger partial charge in [-0.25, -0.2) is 0 Å². The van der Waals surface area contributed by atoms with E-state index in [1.54, 1.807) is 0 Å². The summed E-state index contributed by atoms with van der Waals surface area (Å²) in [5.74, 6) is 0.952. The molecule has 0 radical (unpaired) electrons. The van der Waals surface area contributed by atoms with Crippen LogP contribution in [0.25, 0.3) is 10.4 Å². The maximum atomic E-state index is 12.5. The molecule has 4 heteroatoms. The van der Waals surface area contributed by atoms with Gasteiger partial charge in [-0.15, -0.1) is 11.3 Å². The highest BCUT2D eigenvalue weighted by atomic mass is 32.1. The van der Waals surface area contributed by atoms with Gasteiger partial charge in [0, 0.05) is 17.0 Å². The van der Waals surface area contributed by atoms with E-state index in [0.717, 1.165) is 32.3 Å². The molecule has 0 atom stereocenters. The average molecular weight is 337 g/mol. The van der Waals surface area contributed by atoms with Crippen LogP contribution in [0, 0.1) is 0 Å². The predicted molar refractivity (Wildman–Crippen MR) is 99.8 cm³/mol. The average Bonchev–Trinajstić information content (AvgIpc) is 3.07. The fraction of sp³-hybridized carbons (Fsp3) is 0.150. The van der Waals surface area contributed by atoms with Crippen molar-refractivity contribution in [2.24, 2.45) is 0 Å². The summed E-state index contributed by atoms with van der Waals surface area (Å²) in [5.41, 5.74) is 8.58. The molecule has 0 aliphatic heterocycles. The van der Waals surface area contributed by atoms with Crippen LogP contribution in [-0.4, -0.2) is 12.4 Å². The molecule has 3 rings (SSSR count).